The average Bonchev–Trinajstić information content (AvgIpc) is 2.82. The van der Waals surface area contributed by atoms with Crippen LogP contribution in [0.25, 0.3) is 0 Å². The van der Waals surface area contributed by atoms with E-state index in [-0.39, 0.29) is 5.91 Å². The Morgan fingerprint density at radius 1 is 1.21 bits per heavy atom. The van der Waals surface area contributed by atoms with Crippen LogP contribution in [0.3, 0.4) is 0 Å². The van der Waals surface area contributed by atoms with Crippen molar-refractivity contribution < 1.29 is 14.3 Å². The van der Waals surface area contributed by atoms with Crippen molar-refractivity contribution in [2.24, 2.45) is 0 Å². The number of rotatable bonds is 6. The van der Waals surface area contributed by atoms with Gasteiger partial charge in [-0.15, -0.1) is 23.1 Å². The topological polar surface area (TPSA) is 55.4 Å². The van der Waals surface area contributed by atoms with Crippen LogP contribution in [0.4, 0.5) is 5.00 Å². The van der Waals surface area contributed by atoms with Gasteiger partial charge >= 0.3 is 5.97 Å². The van der Waals surface area contributed by atoms with Gasteiger partial charge < -0.3 is 10.1 Å². The minimum atomic E-state index is -0.397. The number of anilines is 1. The molecule has 1 amide bonds. The largest absolute Gasteiger partial charge is 0.462 e. The van der Waals surface area contributed by atoms with E-state index in [9.17, 15) is 9.59 Å². The van der Waals surface area contributed by atoms with Crippen LogP contribution in [0.1, 0.15) is 45.0 Å². The molecular weight excluding hydrogens is 342 g/mol. The summed E-state index contributed by atoms with van der Waals surface area (Å²) in [5.74, 6) is 0.277. The monoisotopic (exact) mass is 363 g/mol. The van der Waals surface area contributed by atoms with Crippen LogP contribution >= 0.6 is 23.1 Å². The molecule has 0 bridgehead atoms. The third-order valence-corrected chi connectivity index (χ3v) is 5.60. The fourth-order valence-corrected chi connectivity index (χ4v) is 4.12. The summed E-state index contributed by atoms with van der Waals surface area (Å²) in [6.07, 6.45) is 0. The molecule has 1 N–H and O–H groups in total. The molecule has 1 aromatic heterocycles. The number of amides is 1. The molecule has 0 unspecified atom stereocenters. The SMILES string of the molecule is CCOC(=O)c1c(NC(=O)c2ccccc2SCC)sc(C)c1C. The zero-order chi connectivity index (χ0) is 17.7. The van der Waals surface area contributed by atoms with Crippen molar-refractivity contribution in [2.45, 2.75) is 32.6 Å². The highest BCUT2D eigenvalue weighted by Crippen LogP contribution is 2.34. The molecule has 0 aliphatic carbocycles. The Bertz CT molecular complexity index is 753. The normalized spacial score (nSPS) is 10.5. The van der Waals surface area contributed by atoms with Crippen LogP contribution in [0, 0.1) is 13.8 Å². The minimum absolute atomic E-state index is 0.210. The molecule has 0 saturated carbocycles. The van der Waals surface area contributed by atoms with E-state index >= 15 is 0 Å². The Kier molecular flexibility index (Phi) is 6.45. The molecule has 6 heteroatoms. The number of aryl methyl sites for hydroxylation is 1. The summed E-state index contributed by atoms with van der Waals surface area (Å²) in [5.41, 5.74) is 1.92. The van der Waals surface area contributed by atoms with Crippen molar-refractivity contribution in [3.63, 3.8) is 0 Å². The summed E-state index contributed by atoms with van der Waals surface area (Å²) in [4.78, 5) is 26.8. The van der Waals surface area contributed by atoms with E-state index in [1.165, 1.54) is 11.3 Å². The lowest BCUT2D eigenvalue weighted by Crippen LogP contribution is -2.15. The summed E-state index contributed by atoms with van der Waals surface area (Å²) in [6, 6.07) is 7.48. The summed E-state index contributed by atoms with van der Waals surface area (Å²) >= 11 is 3.02. The maximum Gasteiger partial charge on any atom is 0.341 e. The minimum Gasteiger partial charge on any atom is -0.462 e. The van der Waals surface area contributed by atoms with Crippen molar-refractivity contribution in [3.05, 3.63) is 45.8 Å². The molecule has 4 nitrogen and oxygen atoms in total. The Hall–Kier alpha value is -1.79. The van der Waals surface area contributed by atoms with Crippen LogP contribution < -0.4 is 5.32 Å². The first-order valence-corrected chi connectivity index (χ1v) is 9.60. The first-order chi connectivity index (χ1) is 11.5. The molecule has 1 aromatic carbocycles. The van der Waals surface area contributed by atoms with E-state index in [1.807, 2.05) is 39.0 Å². The smallest absolute Gasteiger partial charge is 0.341 e. The lowest BCUT2D eigenvalue weighted by atomic mass is 10.1. The molecule has 0 atom stereocenters. The third-order valence-electron chi connectivity index (χ3n) is 3.52. The van der Waals surface area contributed by atoms with E-state index in [4.69, 9.17) is 4.74 Å². The van der Waals surface area contributed by atoms with Gasteiger partial charge in [-0.25, -0.2) is 4.79 Å². The lowest BCUT2D eigenvalue weighted by Gasteiger charge is -2.10. The molecule has 0 fully saturated rings. The van der Waals surface area contributed by atoms with Crippen molar-refractivity contribution in [2.75, 3.05) is 17.7 Å². The molecule has 128 valence electrons. The number of carbonyl (C=O) groups is 2. The number of hydrogen-bond donors (Lipinski definition) is 1. The number of ether oxygens (including phenoxy) is 1. The maximum absolute atomic E-state index is 12.7. The first-order valence-electron chi connectivity index (χ1n) is 7.79. The second kappa shape index (κ2) is 8.35. The number of nitrogens with one attached hydrogen (secondary N) is 1. The van der Waals surface area contributed by atoms with Crippen LogP contribution in [-0.2, 0) is 4.74 Å². The van der Waals surface area contributed by atoms with Gasteiger partial charge in [0.05, 0.1) is 17.7 Å². The van der Waals surface area contributed by atoms with E-state index in [1.54, 1.807) is 24.8 Å². The molecule has 0 aliphatic rings. The second-order valence-electron chi connectivity index (χ2n) is 5.09. The standard InChI is InChI=1S/C18H21NO3S2/c1-5-22-18(21)15-11(3)12(4)24-17(15)19-16(20)13-9-7-8-10-14(13)23-6-2/h7-10H,5-6H2,1-4H3,(H,19,20). The van der Waals surface area contributed by atoms with E-state index in [2.05, 4.69) is 5.32 Å². The van der Waals surface area contributed by atoms with Gasteiger partial charge in [-0.1, -0.05) is 19.1 Å². The van der Waals surface area contributed by atoms with Gasteiger partial charge in [0, 0.05) is 9.77 Å². The van der Waals surface area contributed by atoms with Gasteiger partial charge in [-0.2, -0.15) is 0 Å². The van der Waals surface area contributed by atoms with Gasteiger partial charge in [-0.3, -0.25) is 4.79 Å². The highest BCUT2D eigenvalue weighted by molar-refractivity contribution is 7.99. The summed E-state index contributed by atoms with van der Waals surface area (Å²) < 4.78 is 5.12. The number of hydrogen-bond acceptors (Lipinski definition) is 5. The molecule has 0 saturated heterocycles. The van der Waals surface area contributed by atoms with Crippen molar-refractivity contribution in [3.8, 4) is 0 Å². The van der Waals surface area contributed by atoms with Gasteiger partial charge in [0.25, 0.3) is 5.91 Å². The molecule has 2 aromatic rings. The number of benzene rings is 1. The Balaban J connectivity index is 2.33. The predicted molar refractivity (Wildman–Crippen MR) is 101 cm³/mol. The quantitative estimate of drug-likeness (QED) is 0.585. The highest BCUT2D eigenvalue weighted by atomic mass is 32.2. The molecule has 2 rings (SSSR count). The summed E-state index contributed by atoms with van der Waals surface area (Å²) in [5, 5.41) is 3.44. The zero-order valence-corrected chi connectivity index (χ0v) is 15.9. The van der Waals surface area contributed by atoms with Gasteiger partial charge in [0.2, 0.25) is 0 Å². The highest BCUT2D eigenvalue weighted by Gasteiger charge is 2.23. The summed E-state index contributed by atoms with van der Waals surface area (Å²) in [7, 11) is 0. The molecule has 1 heterocycles. The first kappa shape index (κ1) is 18.5. The van der Waals surface area contributed by atoms with Crippen LogP contribution in [0.2, 0.25) is 0 Å². The maximum atomic E-state index is 12.7. The molecule has 0 aliphatic heterocycles. The van der Waals surface area contributed by atoms with Crippen LogP contribution in [0.5, 0.6) is 0 Å². The van der Waals surface area contributed by atoms with Crippen molar-refractivity contribution in [1.82, 2.24) is 0 Å². The number of carbonyl (C=O) groups excluding carboxylic acids is 2. The van der Waals surface area contributed by atoms with E-state index < -0.39 is 5.97 Å². The fraction of sp³-hybridized carbons (Fsp3) is 0.333. The zero-order valence-electron chi connectivity index (χ0n) is 14.3. The molecule has 24 heavy (non-hydrogen) atoms. The van der Waals surface area contributed by atoms with E-state index in [0.717, 1.165) is 21.1 Å². The summed E-state index contributed by atoms with van der Waals surface area (Å²) in [6.45, 7) is 7.91. The Morgan fingerprint density at radius 3 is 2.58 bits per heavy atom. The predicted octanol–water partition coefficient (Wildman–Crippen LogP) is 4.91. The van der Waals surface area contributed by atoms with E-state index in [0.29, 0.717) is 22.7 Å². The molecule has 0 radical (unpaired) electrons. The van der Waals surface area contributed by atoms with Gasteiger partial charge in [-0.05, 0) is 44.2 Å². The van der Waals surface area contributed by atoms with Crippen molar-refractivity contribution in [1.29, 1.82) is 0 Å². The van der Waals surface area contributed by atoms with Crippen LogP contribution in [-0.4, -0.2) is 24.2 Å². The number of esters is 1. The Labute approximate surface area is 150 Å². The second-order valence-corrected chi connectivity index (χ2v) is 7.62. The van der Waals surface area contributed by atoms with Crippen molar-refractivity contribution >= 4 is 40.0 Å². The molecular formula is C18H21NO3S2. The van der Waals surface area contributed by atoms with Gasteiger partial charge in [0.1, 0.15) is 5.00 Å². The fourth-order valence-electron chi connectivity index (χ4n) is 2.27. The average molecular weight is 364 g/mol. The Morgan fingerprint density at radius 2 is 1.92 bits per heavy atom. The third kappa shape index (κ3) is 3.99. The van der Waals surface area contributed by atoms with Gasteiger partial charge in [0.15, 0.2) is 0 Å². The number of thioether (sulfide) groups is 1. The lowest BCUT2D eigenvalue weighted by molar-refractivity contribution is 0.0527. The van der Waals surface area contributed by atoms with Crippen LogP contribution in [0.15, 0.2) is 29.2 Å². The number of thiophene rings is 1. The molecule has 0 spiro atoms.